The van der Waals surface area contributed by atoms with Crippen LogP contribution in [-0.4, -0.2) is 19.6 Å². The normalized spacial score (nSPS) is 12.3. The molecular weight excluding hydrogens is 884 g/mol. The first kappa shape index (κ1) is 39.9. The van der Waals surface area contributed by atoms with Crippen LogP contribution in [0.2, 0.25) is 0 Å². The molecule has 0 amide bonds. The molecule has 3 heterocycles. The van der Waals surface area contributed by atoms with E-state index in [9.17, 15) is 5.11 Å². The van der Waals surface area contributed by atoms with Crippen LogP contribution in [0.1, 0.15) is 79.0 Å². The van der Waals surface area contributed by atoms with Crippen LogP contribution in [0, 0.1) is 12.4 Å². The Kier molecular flexibility index (Phi) is 10.2. The largest absolute Gasteiger partial charge is 3.00 e. The monoisotopic (exact) mass is 932 g/mol. The van der Waals surface area contributed by atoms with Gasteiger partial charge in [0.05, 0.1) is 6.20 Å². The molecule has 0 radical (unpaired) electrons. The van der Waals surface area contributed by atoms with Crippen LogP contribution >= 0.6 is 0 Å². The number of benzene rings is 5. The molecule has 0 aliphatic carbocycles. The number of phenolic OH excluding ortho intramolecular Hbond substituents is 1. The number of hydrogen-bond acceptors (Lipinski definition) is 3. The molecule has 0 saturated heterocycles. The van der Waals surface area contributed by atoms with Gasteiger partial charge in [0.2, 0.25) is 5.65 Å². The minimum absolute atomic E-state index is 0. The van der Waals surface area contributed by atoms with Crippen molar-refractivity contribution in [3.05, 3.63) is 139 Å². The van der Waals surface area contributed by atoms with Gasteiger partial charge in [0, 0.05) is 18.2 Å². The van der Waals surface area contributed by atoms with E-state index in [-0.39, 0.29) is 44.4 Å². The van der Waals surface area contributed by atoms with Crippen molar-refractivity contribution in [1.82, 2.24) is 19.5 Å². The average molecular weight is 933 g/mol. The second kappa shape index (κ2) is 14.6. The zero-order valence-electron chi connectivity index (χ0n) is 34.4. The Hall–Kier alpha value is -5.27. The maximum Gasteiger partial charge on any atom is 3.00 e. The third-order valence-corrected chi connectivity index (χ3v) is 10.8. The van der Waals surface area contributed by atoms with E-state index in [1.54, 1.807) is 12.4 Å². The number of aromatic hydroxyl groups is 1. The Morgan fingerprint density at radius 1 is 0.667 bits per heavy atom. The van der Waals surface area contributed by atoms with E-state index in [1.807, 2.05) is 28.3 Å². The number of imidazole rings is 1. The van der Waals surface area contributed by atoms with Gasteiger partial charge in [0.15, 0.2) is 6.33 Å². The summed E-state index contributed by atoms with van der Waals surface area (Å²) in [5.74, 6) is 0.265. The summed E-state index contributed by atoms with van der Waals surface area (Å²) in [5.41, 5.74) is 13.5. The van der Waals surface area contributed by atoms with E-state index in [2.05, 4.69) is 170 Å². The van der Waals surface area contributed by atoms with Gasteiger partial charge in [-0.1, -0.05) is 141 Å². The first-order valence-electron chi connectivity index (χ1n) is 19.3. The van der Waals surface area contributed by atoms with Gasteiger partial charge in [-0.05, 0) is 61.1 Å². The minimum atomic E-state index is -0.308. The topological polar surface area (TPSA) is 68.9 Å². The smallest absolute Gasteiger partial charge is 0.664 e. The van der Waals surface area contributed by atoms with Crippen molar-refractivity contribution in [3.63, 3.8) is 0 Å². The molecule has 0 fully saturated rings. The fourth-order valence-electron chi connectivity index (χ4n) is 7.63. The molecule has 0 unspecified atom stereocenters. The maximum atomic E-state index is 12.4. The first-order chi connectivity index (χ1) is 26.5. The summed E-state index contributed by atoms with van der Waals surface area (Å²) in [6.45, 7) is 19.9. The third kappa shape index (κ3) is 7.27. The standard InChI is InChI=1S/C50H49N5O.Au/c1-48(2,3)33-22-23-37(39(27-33)31-16-12-11-13-17-31)42-38-21-15-20-36(32-18-14-19-35(26-32)55-30-54(10)46-47(55)52-25-24-51-46)43(38)53-44(42)40-28-34(49(4,5)6)29-41(45(40)56)50(7,8)9;/h11-25,27-29H,1-10H3,(H-,51,52,53,56);/q-2;+3. The van der Waals surface area contributed by atoms with Crippen LogP contribution in [0.5, 0.6) is 5.75 Å². The zero-order chi connectivity index (χ0) is 39.7. The number of nitrogens with zero attached hydrogens (tertiary/aromatic N) is 5. The number of para-hydroxylation sites is 1. The Balaban J connectivity index is 0.00000496. The Labute approximate surface area is 352 Å². The molecule has 5 aromatic carbocycles. The number of aryl methyl sites for hydroxylation is 1. The van der Waals surface area contributed by atoms with Crippen LogP contribution in [0.3, 0.4) is 0 Å². The Morgan fingerprint density at radius 3 is 2.05 bits per heavy atom. The van der Waals surface area contributed by atoms with Crippen molar-refractivity contribution in [3.8, 4) is 56.1 Å². The summed E-state index contributed by atoms with van der Waals surface area (Å²) in [7, 11) is 1.92. The van der Waals surface area contributed by atoms with Crippen molar-refractivity contribution < 1.29 is 32.1 Å². The number of phenols is 1. The van der Waals surface area contributed by atoms with Crippen molar-refractivity contribution in [1.29, 1.82) is 0 Å². The SMILES string of the molecule is C[n+]1[c-]n(-c2[c-]c(-c3cccc4c(-c5ccc(C(C)(C)C)cc5-c5ccccc5)c(-c5cc(C(C)(C)C)cc(C(C)(C)C)c5O)[n-]c34)ccc2)c2nccnc21.[Au+3]. The van der Waals surface area contributed by atoms with E-state index in [0.29, 0.717) is 5.65 Å². The van der Waals surface area contributed by atoms with E-state index >= 15 is 0 Å². The predicted molar refractivity (Wildman–Crippen MR) is 228 cm³/mol. The van der Waals surface area contributed by atoms with Crippen LogP contribution < -0.4 is 9.55 Å². The predicted octanol–water partition coefficient (Wildman–Crippen LogP) is 11.2. The van der Waals surface area contributed by atoms with Gasteiger partial charge in [-0.3, -0.25) is 4.98 Å². The molecule has 0 aliphatic rings. The molecule has 0 spiro atoms. The molecule has 3 aromatic heterocycles. The first-order valence-corrected chi connectivity index (χ1v) is 19.3. The van der Waals surface area contributed by atoms with Crippen molar-refractivity contribution in [2.24, 2.45) is 7.05 Å². The van der Waals surface area contributed by atoms with Gasteiger partial charge in [-0.15, -0.1) is 23.4 Å². The molecule has 0 atom stereocenters. The number of fused-ring (bicyclic) bond motifs is 2. The average Bonchev–Trinajstić information content (AvgIpc) is 3.71. The summed E-state index contributed by atoms with van der Waals surface area (Å²) >= 11 is 0. The van der Waals surface area contributed by atoms with Gasteiger partial charge in [-0.25, -0.2) is 0 Å². The molecule has 7 heteroatoms. The molecule has 8 aromatic rings. The number of aromatic nitrogens is 5. The van der Waals surface area contributed by atoms with E-state index in [4.69, 9.17) is 4.98 Å². The number of rotatable bonds is 5. The second-order valence-corrected chi connectivity index (χ2v) is 18.0. The fraction of sp³-hybridized carbons (Fsp3) is 0.260. The van der Waals surface area contributed by atoms with Crippen LogP contribution in [0.25, 0.3) is 72.5 Å². The van der Waals surface area contributed by atoms with Gasteiger partial charge in [0.1, 0.15) is 17.6 Å². The van der Waals surface area contributed by atoms with E-state index in [0.717, 1.165) is 78.0 Å². The van der Waals surface area contributed by atoms with Crippen LogP contribution in [0.4, 0.5) is 0 Å². The van der Waals surface area contributed by atoms with Crippen LogP contribution in [0.15, 0.2) is 109 Å². The third-order valence-electron chi connectivity index (χ3n) is 10.8. The quantitative estimate of drug-likeness (QED) is 0.106. The van der Waals surface area contributed by atoms with Gasteiger partial charge in [-0.2, -0.15) is 28.2 Å². The molecule has 0 saturated carbocycles. The van der Waals surface area contributed by atoms with Crippen molar-refractivity contribution in [2.45, 2.75) is 78.6 Å². The van der Waals surface area contributed by atoms with E-state index in [1.165, 1.54) is 5.56 Å². The molecule has 0 aliphatic heterocycles. The second-order valence-electron chi connectivity index (χ2n) is 18.0. The summed E-state index contributed by atoms with van der Waals surface area (Å²) in [6, 6.07) is 38.0. The summed E-state index contributed by atoms with van der Waals surface area (Å²) in [6.07, 6.45) is 6.74. The summed E-state index contributed by atoms with van der Waals surface area (Å²) in [5, 5.41) is 13.4. The maximum absolute atomic E-state index is 12.4. The molecule has 57 heavy (non-hydrogen) atoms. The molecule has 6 nitrogen and oxygen atoms in total. The van der Waals surface area contributed by atoms with E-state index < -0.39 is 0 Å². The minimum Gasteiger partial charge on any atom is -0.664 e. The van der Waals surface area contributed by atoms with Crippen molar-refractivity contribution in [2.75, 3.05) is 0 Å². The molecule has 1 N–H and O–H groups in total. The molecule has 0 bridgehead atoms. The molecule has 290 valence electrons. The fourth-order valence-corrected chi connectivity index (χ4v) is 7.63. The van der Waals surface area contributed by atoms with Crippen molar-refractivity contribution >= 4 is 22.2 Å². The van der Waals surface area contributed by atoms with Gasteiger partial charge >= 0.3 is 22.4 Å². The van der Waals surface area contributed by atoms with Gasteiger partial charge in [0.25, 0.3) is 0 Å². The van der Waals surface area contributed by atoms with Gasteiger partial charge < -0.3 is 19.2 Å². The Bertz CT molecular complexity index is 2770. The summed E-state index contributed by atoms with van der Waals surface area (Å²) < 4.78 is 3.74. The zero-order valence-corrected chi connectivity index (χ0v) is 36.5. The van der Waals surface area contributed by atoms with Crippen LogP contribution in [-0.2, 0) is 45.7 Å². The molecule has 8 rings (SSSR count). The molecular formula is C50H49AuN5O+. The summed E-state index contributed by atoms with van der Waals surface area (Å²) in [4.78, 5) is 14.7. The number of hydrogen-bond donors (Lipinski definition) is 1. The Morgan fingerprint density at radius 2 is 1.35 bits per heavy atom.